The molecule has 3 aliphatic rings. The second kappa shape index (κ2) is 3.33. The summed E-state index contributed by atoms with van der Waals surface area (Å²) >= 11 is 0. The first kappa shape index (κ1) is 10.3. The van der Waals surface area contributed by atoms with Gasteiger partial charge in [-0.3, -0.25) is 9.58 Å². The summed E-state index contributed by atoms with van der Waals surface area (Å²) in [6, 6.07) is 2.97. The Morgan fingerprint density at radius 1 is 1.25 bits per heavy atom. The monoisotopic (exact) mass is 219 g/mol. The van der Waals surface area contributed by atoms with Crippen molar-refractivity contribution >= 4 is 0 Å². The van der Waals surface area contributed by atoms with Crippen LogP contribution in [0.1, 0.15) is 51.0 Å². The van der Waals surface area contributed by atoms with Crippen LogP contribution < -0.4 is 0 Å². The highest BCUT2D eigenvalue weighted by Crippen LogP contribution is 2.32. The van der Waals surface area contributed by atoms with Gasteiger partial charge in [-0.05, 0) is 18.9 Å². The van der Waals surface area contributed by atoms with Gasteiger partial charge in [-0.1, -0.05) is 20.8 Å². The largest absolute Gasteiger partial charge is 0.297 e. The predicted molar refractivity (Wildman–Crippen MR) is 64.5 cm³/mol. The molecule has 88 valence electrons. The molecule has 1 saturated heterocycles. The first-order valence-corrected chi connectivity index (χ1v) is 6.35. The molecule has 16 heavy (non-hydrogen) atoms. The first-order valence-electron chi connectivity index (χ1n) is 6.35. The van der Waals surface area contributed by atoms with Crippen molar-refractivity contribution in [3.8, 4) is 0 Å². The van der Waals surface area contributed by atoms with Gasteiger partial charge in [0.2, 0.25) is 0 Å². The zero-order valence-corrected chi connectivity index (χ0v) is 10.5. The fourth-order valence-corrected chi connectivity index (χ4v) is 2.78. The molecule has 1 aromatic heterocycles. The van der Waals surface area contributed by atoms with Gasteiger partial charge < -0.3 is 0 Å². The van der Waals surface area contributed by atoms with Gasteiger partial charge in [0.15, 0.2) is 0 Å². The lowest BCUT2D eigenvalue weighted by molar-refractivity contribution is 0.205. The third-order valence-corrected chi connectivity index (χ3v) is 3.87. The van der Waals surface area contributed by atoms with E-state index in [-0.39, 0.29) is 5.41 Å². The zero-order valence-electron chi connectivity index (χ0n) is 10.5. The van der Waals surface area contributed by atoms with Gasteiger partial charge in [-0.15, -0.1) is 0 Å². The SMILES string of the molecule is CC(C)(C)c1cc2n(n1)C1CCN(CC1)C2. The van der Waals surface area contributed by atoms with E-state index in [1.54, 1.807) is 0 Å². The van der Waals surface area contributed by atoms with Crippen LogP contribution in [0.5, 0.6) is 0 Å². The van der Waals surface area contributed by atoms with Crippen molar-refractivity contribution in [3.05, 3.63) is 17.5 Å². The Morgan fingerprint density at radius 3 is 2.56 bits per heavy atom. The molecule has 0 N–H and O–H groups in total. The van der Waals surface area contributed by atoms with Crippen LogP contribution in [0.4, 0.5) is 0 Å². The molecule has 0 unspecified atom stereocenters. The van der Waals surface area contributed by atoms with Crippen molar-refractivity contribution in [1.29, 1.82) is 0 Å². The average Bonchev–Trinajstić information content (AvgIpc) is 2.50. The third-order valence-electron chi connectivity index (χ3n) is 3.87. The molecule has 0 radical (unpaired) electrons. The molecule has 0 aromatic carbocycles. The summed E-state index contributed by atoms with van der Waals surface area (Å²) in [6.07, 6.45) is 2.55. The van der Waals surface area contributed by atoms with E-state index in [2.05, 4.69) is 36.4 Å². The minimum absolute atomic E-state index is 0.174. The van der Waals surface area contributed by atoms with Crippen molar-refractivity contribution in [1.82, 2.24) is 14.7 Å². The maximum atomic E-state index is 4.85. The van der Waals surface area contributed by atoms with Crippen molar-refractivity contribution in [3.63, 3.8) is 0 Å². The van der Waals surface area contributed by atoms with Gasteiger partial charge in [0, 0.05) is 25.0 Å². The smallest absolute Gasteiger partial charge is 0.0681 e. The van der Waals surface area contributed by atoms with Crippen LogP contribution >= 0.6 is 0 Å². The van der Waals surface area contributed by atoms with Crippen molar-refractivity contribution in [2.75, 3.05) is 13.1 Å². The summed E-state index contributed by atoms with van der Waals surface area (Å²) < 4.78 is 2.31. The lowest BCUT2D eigenvalue weighted by atomic mass is 9.92. The molecule has 3 heteroatoms. The van der Waals surface area contributed by atoms with E-state index in [0.29, 0.717) is 6.04 Å². The standard InChI is InChI=1S/C13H21N3/c1-13(2,3)12-8-11-9-15-6-4-10(5-7-15)16(11)14-12/h8,10H,4-7,9H2,1-3H3. The Kier molecular flexibility index (Phi) is 2.15. The maximum Gasteiger partial charge on any atom is 0.0681 e. The van der Waals surface area contributed by atoms with Crippen LogP contribution in [0.15, 0.2) is 6.07 Å². The number of rotatable bonds is 0. The van der Waals surface area contributed by atoms with Gasteiger partial charge in [0.25, 0.3) is 0 Å². The molecule has 3 nitrogen and oxygen atoms in total. The molecule has 0 atom stereocenters. The molecule has 4 heterocycles. The molecule has 4 rings (SSSR count). The molecule has 0 saturated carbocycles. The summed E-state index contributed by atoms with van der Waals surface area (Å²) in [6.45, 7) is 10.3. The minimum atomic E-state index is 0.174. The highest BCUT2D eigenvalue weighted by molar-refractivity contribution is 5.19. The van der Waals surface area contributed by atoms with Crippen LogP contribution in [0.3, 0.4) is 0 Å². The van der Waals surface area contributed by atoms with Crippen LogP contribution in [0, 0.1) is 0 Å². The fourth-order valence-electron chi connectivity index (χ4n) is 2.78. The topological polar surface area (TPSA) is 21.1 Å². The van der Waals surface area contributed by atoms with Gasteiger partial charge in [-0.2, -0.15) is 5.10 Å². The second-order valence-electron chi connectivity index (χ2n) is 6.22. The number of nitrogens with zero attached hydrogens (tertiary/aromatic N) is 3. The Bertz CT molecular complexity index is 392. The number of fused-ring (bicyclic) bond motifs is 2. The molecule has 1 aromatic rings. The van der Waals surface area contributed by atoms with Crippen molar-refractivity contribution in [2.45, 2.75) is 51.6 Å². The normalized spacial score (nSPS) is 28.9. The quantitative estimate of drug-likeness (QED) is 0.668. The highest BCUT2D eigenvalue weighted by atomic mass is 15.3. The summed E-state index contributed by atoms with van der Waals surface area (Å²) in [4.78, 5) is 2.56. The third kappa shape index (κ3) is 1.58. The number of hydrogen-bond acceptors (Lipinski definition) is 2. The van der Waals surface area contributed by atoms with Crippen LogP contribution in [-0.2, 0) is 12.0 Å². The second-order valence-corrected chi connectivity index (χ2v) is 6.22. The molecule has 0 amide bonds. The molecule has 2 bridgehead atoms. The molecule has 0 spiro atoms. The van der Waals surface area contributed by atoms with E-state index in [0.717, 1.165) is 6.54 Å². The predicted octanol–water partition coefficient (Wildman–Crippen LogP) is 2.33. The lowest BCUT2D eigenvalue weighted by Crippen LogP contribution is -2.30. The van der Waals surface area contributed by atoms with E-state index in [9.17, 15) is 0 Å². The van der Waals surface area contributed by atoms with Gasteiger partial charge >= 0.3 is 0 Å². The van der Waals surface area contributed by atoms with Crippen LogP contribution in [0.25, 0.3) is 0 Å². The average molecular weight is 219 g/mol. The summed E-state index contributed by atoms with van der Waals surface area (Å²) in [5.74, 6) is 0. The minimum Gasteiger partial charge on any atom is -0.297 e. The molecule has 3 aliphatic heterocycles. The lowest BCUT2D eigenvalue weighted by Gasteiger charge is -2.26. The van der Waals surface area contributed by atoms with Crippen molar-refractivity contribution < 1.29 is 0 Å². The molecule has 0 aliphatic carbocycles. The van der Waals surface area contributed by atoms with Gasteiger partial charge in [-0.25, -0.2) is 0 Å². The molecular formula is C13H21N3. The number of aromatic nitrogens is 2. The highest BCUT2D eigenvalue weighted by Gasteiger charge is 2.30. The Labute approximate surface area is 97.4 Å². The van der Waals surface area contributed by atoms with E-state index in [1.807, 2.05) is 0 Å². The first-order chi connectivity index (χ1) is 7.54. The van der Waals surface area contributed by atoms with E-state index >= 15 is 0 Å². The summed E-state index contributed by atoms with van der Waals surface area (Å²) in [7, 11) is 0. The number of piperidine rings is 1. The Morgan fingerprint density at radius 2 is 1.94 bits per heavy atom. The van der Waals surface area contributed by atoms with Gasteiger partial charge in [0.05, 0.1) is 17.4 Å². The van der Waals surface area contributed by atoms with E-state index < -0.39 is 0 Å². The van der Waals surface area contributed by atoms with E-state index in [4.69, 9.17) is 5.10 Å². The Hall–Kier alpha value is -0.830. The zero-order chi connectivity index (χ0) is 11.3. The fraction of sp³-hybridized carbons (Fsp3) is 0.769. The molecule has 1 fully saturated rings. The Balaban J connectivity index is 2.02. The summed E-state index contributed by atoms with van der Waals surface area (Å²) in [5.41, 5.74) is 2.84. The molecular weight excluding hydrogens is 198 g/mol. The summed E-state index contributed by atoms with van der Waals surface area (Å²) in [5, 5.41) is 4.85. The van der Waals surface area contributed by atoms with Crippen LogP contribution in [-0.4, -0.2) is 27.8 Å². The number of hydrogen-bond donors (Lipinski definition) is 0. The maximum absolute atomic E-state index is 4.85. The van der Waals surface area contributed by atoms with Crippen LogP contribution in [0.2, 0.25) is 0 Å². The van der Waals surface area contributed by atoms with E-state index in [1.165, 1.54) is 37.3 Å². The van der Waals surface area contributed by atoms with Gasteiger partial charge in [0.1, 0.15) is 0 Å². The van der Waals surface area contributed by atoms with Crippen molar-refractivity contribution in [2.24, 2.45) is 0 Å².